The third kappa shape index (κ3) is 6.29. The lowest BCUT2D eigenvalue weighted by Crippen LogP contribution is -2.69. The number of likely N-dealkylation sites (N-methyl/N-ethyl adjacent to an activating group) is 1. The van der Waals surface area contributed by atoms with Crippen molar-refractivity contribution in [1.29, 1.82) is 5.26 Å². The van der Waals surface area contributed by atoms with E-state index >= 15 is 4.79 Å². The number of nitro benzene ring substituents is 1. The van der Waals surface area contributed by atoms with Gasteiger partial charge in [-0.1, -0.05) is 18.2 Å². The van der Waals surface area contributed by atoms with E-state index in [1.165, 1.54) is 57.2 Å². The lowest BCUT2D eigenvalue weighted by molar-refractivity contribution is -0.385. The van der Waals surface area contributed by atoms with E-state index in [9.17, 15) is 30.1 Å². The number of thioether (sulfide) groups is 1. The summed E-state index contributed by atoms with van der Waals surface area (Å²) < 4.78 is 42.3. The van der Waals surface area contributed by atoms with Crippen LogP contribution in [0, 0.1) is 35.3 Å². The zero-order valence-corrected chi connectivity index (χ0v) is 37.6. The summed E-state index contributed by atoms with van der Waals surface area (Å²) in [7, 11) is 4.85. The van der Waals surface area contributed by atoms with Gasteiger partial charge in [-0.2, -0.15) is 5.26 Å². The average molecular weight is 920 g/mol. The van der Waals surface area contributed by atoms with Crippen LogP contribution in [-0.4, -0.2) is 103 Å². The van der Waals surface area contributed by atoms with Crippen molar-refractivity contribution in [2.45, 2.75) is 74.6 Å². The molecule has 4 aromatic carbocycles. The Bertz CT molecular complexity index is 2830. The summed E-state index contributed by atoms with van der Waals surface area (Å²) in [6.07, 6.45) is 0.837. The fraction of sp³-hybridized carbons (Fsp3) is 0.404. The lowest BCUT2D eigenvalue weighted by atomic mass is 9.71. The number of carbonyl (C=O) groups is 3. The van der Waals surface area contributed by atoms with Crippen molar-refractivity contribution in [3.05, 3.63) is 103 Å². The Morgan fingerprint density at radius 2 is 1.79 bits per heavy atom. The fourth-order valence-corrected chi connectivity index (χ4v) is 12.9. The molecule has 0 aromatic heterocycles. The summed E-state index contributed by atoms with van der Waals surface area (Å²) in [5, 5.41) is 38.0. The van der Waals surface area contributed by atoms with Crippen LogP contribution in [0.15, 0.2) is 42.5 Å². The number of hydrogen-bond donors (Lipinski definition) is 2. The van der Waals surface area contributed by atoms with Crippen LogP contribution in [0.2, 0.25) is 0 Å². The lowest BCUT2D eigenvalue weighted by Gasteiger charge is -2.62. The molecular weight excluding hydrogens is 875 g/mol. The van der Waals surface area contributed by atoms with Crippen LogP contribution in [-0.2, 0) is 32.7 Å². The Hall–Kier alpha value is -6.59. The molecule has 342 valence electrons. The maximum absolute atomic E-state index is 15.1. The highest BCUT2D eigenvalue weighted by Crippen LogP contribution is 2.64. The predicted molar refractivity (Wildman–Crippen MR) is 234 cm³/mol. The number of phenols is 1. The number of fused-ring (bicyclic) bond motifs is 9. The molecule has 0 saturated carbocycles. The first-order chi connectivity index (χ1) is 31.7. The van der Waals surface area contributed by atoms with Crippen molar-refractivity contribution in [1.82, 2.24) is 15.1 Å². The minimum atomic E-state index is -1.54. The second-order valence-electron chi connectivity index (χ2n) is 17.2. The number of piperazine rings is 1. The minimum Gasteiger partial charge on any atom is -0.504 e. The van der Waals surface area contributed by atoms with E-state index in [2.05, 4.69) is 21.2 Å². The molecule has 7 heterocycles. The van der Waals surface area contributed by atoms with Gasteiger partial charge in [-0.05, 0) is 74.2 Å². The Labute approximate surface area is 382 Å². The van der Waals surface area contributed by atoms with E-state index in [0.29, 0.717) is 70.0 Å². The molecule has 4 bridgehead atoms. The minimum absolute atomic E-state index is 0.00214. The molecule has 7 aliphatic rings. The normalized spacial score (nSPS) is 25.9. The quantitative estimate of drug-likeness (QED) is 0.107. The number of phenolic OH excluding ortho intramolecular Hbond substituents is 1. The fourth-order valence-electron chi connectivity index (χ4n) is 11.2. The van der Waals surface area contributed by atoms with Gasteiger partial charge in [0, 0.05) is 59.6 Å². The van der Waals surface area contributed by atoms with Crippen LogP contribution in [0.3, 0.4) is 0 Å². The molecule has 4 aromatic rings. The van der Waals surface area contributed by atoms with E-state index < -0.39 is 63.5 Å². The molecule has 2 N–H and O–H groups in total. The van der Waals surface area contributed by atoms with Crippen LogP contribution in [0.25, 0.3) is 0 Å². The van der Waals surface area contributed by atoms with Crippen LogP contribution in [0.1, 0.15) is 79.1 Å². The number of esters is 3. The standard InChI is InChI=1S/C47H45N5O13S/c1-21-13-25-14-29-30(17-48)51-31-18-61-46(56)47(27-16-32(59-5)33(15-24(27)11-12-49-47)65-45(55)26-9-7-8-10-28(26)52(57)58)19-66-44(38(51)37(50(29)4)34(25)39(54)40(21)60-6)36-35(31)43-42(62-20-63-43)22(2)41(36)64-23(3)53/h7-10,13,15-16,29-31,37-38,44,49,54H,11-12,14,18-20H2,1-6H3/t29-,30-,31-,37+,38+,44+,47+/m0/s1. The molecule has 0 radical (unpaired) electrons. The highest BCUT2D eigenvalue weighted by molar-refractivity contribution is 7.99. The number of nitrogens with one attached hydrogen (secondary N) is 1. The van der Waals surface area contributed by atoms with Crippen LogP contribution >= 0.6 is 11.8 Å². The number of nitro groups is 1. The topological polar surface area (TPSA) is 221 Å². The predicted octanol–water partition coefficient (Wildman–Crippen LogP) is 5.41. The van der Waals surface area contributed by atoms with Gasteiger partial charge in [0.1, 0.15) is 24.0 Å². The highest BCUT2D eigenvalue weighted by Gasteiger charge is 2.62. The van der Waals surface area contributed by atoms with Gasteiger partial charge in [0.25, 0.3) is 5.69 Å². The summed E-state index contributed by atoms with van der Waals surface area (Å²) >= 11 is 1.41. The molecule has 11 rings (SSSR count). The van der Waals surface area contributed by atoms with Gasteiger partial charge in [0.05, 0.1) is 42.5 Å². The van der Waals surface area contributed by atoms with Crippen molar-refractivity contribution >= 4 is 35.4 Å². The Balaban J connectivity index is 1.16. The second kappa shape index (κ2) is 16.1. The van der Waals surface area contributed by atoms with Gasteiger partial charge in [0.15, 0.2) is 40.0 Å². The number of carbonyl (C=O) groups excluding carboxylic acids is 3. The number of aryl methyl sites for hydroxylation is 1. The Morgan fingerprint density at radius 3 is 2.52 bits per heavy atom. The average Bonchev–Trinajstić information content (AvgIpc) is 3.79. The summed E-state index contributed by atoms with van der Waals surface area (Å²) in [4.78, 5) is 57.1. The molecule has 2 saturated heterocycles. The third-order valence-corrected chi connectivity index (χ3v) is 15.4. The molecule has 66 heavy (non-hydrogen) atoms. The summed E-state index contributed by atoms with van der Waals surface area (Å²) in [5.41, 5.74) is 2.97. The number of rotatable bonds is 6. The number of nitriles is 1. The van der Waals surface area contributed by atoms with Gasteiger partial charge in [-0.25, -0.2) is 9.59 Å². The first kappa shape index (κ1) is 43.3. The van der Waals surface area contributed by atoms with Gasteiger partial charge >= 0.3 is 17.9 Å². The molecular formula is C47H45N5O13S. The van der Waals surface area contributed by atoms with Crippen molar-refractivity contribution in [3.8, 4) is 46.3 Å². The molecule has 0 amide bonds. The Kier molecular flexibility index (Phi) is 10.6. The number of hydrogen-bond acceptors (Lipinski definition) is 18. The zero-order chi connectivity index (χ0) is 46.5. The van der Waals surface area contributed by atoms with E-state index in [0.717, 1.165) is 11.1 Å². The molecule has 0 aliphatic carbocycles. The second-order valence-corrected chi connectivity index (χ2v) is 18.4. The number of benzene rings is 4. The van der Waals surface area contributed by atoms with Gasteiger partial charge in [-0.3, -0.25) is 30.0 Å². The number of para-hydroxylation sites is 1. The molecule has 7 atom stereocenters. The van der Waals surface area contributed by atoms with Gasteiger partial charge in [-0.15, -0.1) is 11.8 Å². The van der Waals surface area contributed by atoms with Crippen molar-refractivity contribution in [2.75, 3.05) is 47.0 Å². The summed E-state index contributed by atoms with van der Waals surface area (Å²) in [6.45, 7) is 4.91. The van der Waals surface area contributed by atoms with Crippen LogP contribution in [0.4, 0.5) is 5.69 Å². The van der Waals surface area contributed by atoms with Gasteiger partial charge in [0.2, 0.25) is 6.79 Å². The van der Waals surface area contributed by atoms with E-state index in [1.54, 1.807) is 19.1 Å². The smallest absolute Gasteiger partial charge is 0.350 e. The monoisotopic (exact) mass is 919 g/mol. The van der Waals surface area contributed by atoms with E-state index in [1.807, 2.05) is 20.0 Å². The molecule has 19 heteroatoms. The number of nitrogens with zero attached hydrogens (tertiary/aromatic N) is 4. The van der Waals surface area contributed by atoms with E-state index in [4.69, 9.17) is 33.2 Å². The van der Waals surface area contributed by atoms with Crippen molar-refractivity contribution in [2.24, 2.45) is 0 Å². The van der Waals surface area contributed by atoms with Crippen molar-refractivity contribution in [3.63, 3.8) is 0 Å². The largest absolute Gasteiger partial charge is 0.504 e. The number of ether oxygens (including phenoxy) is 7. The molecule has 1 spiro atoms. The Morgan fingerprint density at radius 1 is 1.02 bits per heavy atom. The first-order valence-electron chi connectivity index (χ1n) is 21.4. The first-order valence-corrected chi connectivity index (χ1v) is 22.4. The van der Waals surface area contributed by atoms with Crippen LogP contribution < -0.4 is 33.7 Å². The van der Waals surface area contributed by atoms with E-state index in [-0.39, 0.29) is 53.8 Å². The SMILES string of the molecule is COc1cc2c(cc1OC(=O)c1ccccc1[N+](=O)[O-])CCN[C@]21CS[C@@H]2c3c(OC(C)=O)c(C)c4c(c3[C@H](COC1=O)N1[C@@H]2[C@H]2c3c(cc(C)c(OC)c3O)C[C@@H]([C@@H]1C#N)N2C)OCO4. The molecule has 18 nitrogen and oxygen atoms in total. The molecule has 7 aliphatic heterocycles. The van der Waals surface area contributed by atoms with Gasteiger partial charge < -0.3 is 38.3 Å². The number of aromatic hydroxyl groups is 1. The number of methoxy groups -OCH3 is 2. The summed E-state index contributed by atoms with van der Waals surface area (Å²) in [5.74, 6) is -0.623. The molecule has 0 unspecified atom stereocenters. The van der Waals surface area contributed by atoms with Crippen LogP contribution in [0.5, 0.6) is 40.2 Å². The third-order valence-electron chi connectivity index (χ3n) is 13.9. The highest BCUT2D eigenvalue weighted by atomic mass is 32.2. The maximum Gasteiger partial charge on any atom is 0.350 e. The molecule has 2 fully saturated rings. The summed E-state index contributed by atoms with van der Waals surface area (Å²) in [6, 6.07) is 10.2. The maximum atomic E-state index is 15.1. The zero-order valence-electron chi connectivity index (χ0n) is 36.8. The van der Waals surface area contributed by atoms with Crippen molar-refractivity contribution < 1.29 is 57.6 Å².